The molecular weight excluding hydrogens is 406 g/mol. The first-order chi connectivity index (χ1) is 15.2. The third-order valence-corrected chi connectivity index (χ3v) is 5.92. The van der Waals surface area contributed by atoms with Gasteiger partial charge in [0.2, 0.25) is 5.91 Å². The Morgan fingerprint density at radius 2 is 1.66 bits per heavy atom. The summed E-state index contributed by atoms with van der Waals surface area (Å²) in [4.78, 5) is 25.3. The zero-order chi connectivity index (χ0) is 22.9. The van der Waals surface area contributed by atoms with Gasteiger partial charge >= 0.3 is 6.09 Å². The standard InChI is InChI=1S/C24H31N5O3/c1-15(30)25-19-7-5-16(6-8-19)21-9-10-22(28-27-21)26-20-11-17-13-29(14-18(17)12-20)23(31)32-24(2,3)4/h5-10,17-18,20H,11-14H2,1-4H3,(H,25,30)(H,26,28)/t17-,18?,20?/m1/s1. The molecule has 2 aromatic rings. The SMILES string of the molecule is CC(=O)Nc1ccc(-c2ccc(NC3CC4CN(C(=O)OC(C)(C)C)C[C@H]4C3)nn2)cc1. The van der Waals surface area contributed by atoms with E-state index in [9.17, 15) is 9.59 Å². The zero-order valence-corrected chi connectivity index (χ0v) is 19.1. The maximum Gasteiger partial charge on any atom is 0.410 e. The first kappa shape index (κ1) is 22.0. The van der Waals surface area contributed by atoms with E-state index in [1.54, 1.807) is 0 Å². The van der Waals surface area contributed by atoms with Gasteiger partial charge in [-0.3, -0.25) is 4.79 Å². The van der Waals surface area contributed by atoms with Crippen LogP contribution in [-0.4, -0.2) is 51.8 Å². The molecule has 32 heavy (non-hydrogen) atoms. The first-order valence-corrected chi connectivity index (χ1v) is 11.1. The Morgan fingerprint density at radius 3 is 2.19 bits per heavy atom. The van der Waals surface area contributed by atoms with E-state index in [2.05, 4.69) is 20.8 Å². The minimum Gasteiger partial charge on any atom is -0.444 e. The molecule has 2 amide bonds. The van der Waals surface area contributed by atoms with Gasteiger partial charge < -0.3 is 20.3 Å². The van der Waals surface area contributed by atoms with Crippen LogP contribution in [0.15, 0.2) is 36.4 Å². The number of rotatable bonds is 4. The second-order valence-electron chi connectivity index (χ2n) is 9.78. The van der Waals surface area contributed by atoms with Crippen molar-refractivity contribution in [1.29, 1.82) is 0 Å². The molecule has 0 radical (unpaired) electrons. The number of fused-ring (bicyclic) bond motifs is 1. The molecule has 2 N–H and O–H groups in total. The Morgan fingerprint density at radius 1 is 1.00 bits per heavy atom. The average Bonchev–Trinajstić information content (AvgIpc) is 3.26. The van der Waals surface area contributed by atoms with Crippen molar-refractivity contribution in [2.75, 3.05) is 23.7 Å². The topological polar surface area (TPSA) is 96.5 Å². The molecule has 170 valence electrons. The molecule has 1 aromatic carbocycles. The van der Waals surface area contributed by atoms with Gasteiger partial charge in [-0.25, -0.2) is 4.79 Å². The minimum atomic E-state index is -0.461. The lowest BCUT2D eigenvalue weighted by molar-refractivity contribution is -0.114. The number of benzene rings is 1. The maximum atomic E-state index is 12.3. The van der Waals surface area contributed by atoms with Crippen molar-refractivity contribution in [3.8, 4) is 11.3 Å². The number of carbonyl (C=O) groups is 2. The highest BCUT2D eigenvalue weighted by Crippen LogP contribution is 2.39. The van der Waals surface area contributed by atoms with E-state index in [4.69, 9.17) is 4.74 Å². The fourth-order valence-electron chi connectivity index (χ4n) is 4.59. The number of amides is 2. The van der Waals surface area contributed by atoms with Gasteiger partial charge in [0.05, 0.1) is 5.69 Å². The van der Waals surface area contributed by atoms with Crippen LogP contribution in [0.1, 0.15) is 40.5 Å². The summed E-state index contributed by atoms with van der Waals surface area (Å²) >= 11 is 0. The average molecular weight is 438 g/mol. The molecule has 1 saturated heterocycles. The summed E-state index contributed by atoms with van der Waals surface area (Å²) in [5.74, 6) is 1.66. The Bertz CT molecular complexity index is 955. The van der Waals surface area contributed by atoms with Crippen LogP contribution in [0.5, 0.6) is 0 Å². The molecule has 3 atom stereocenters. The van der Waals surface area contributed by atoms with Gasteiger partial charge in [-0.1, -0.05) is 12.1 Å². The van der Waals surface area contributed by atoms with Crippen molar-refractivity contribution in [3.63, 3.8) is 0 Å². The van der Waals surface area contributed by atoms with Crippen molar-refractivity contribution < 1.29 is 14.3 Å². The lowest BCUT2D eigenvalue weighted by Gasteiger charge is -2.25. The molecule has 8 nitrogen and oxygen atoms in total. The van der Waals surface area contributed by atoms with Crippen LogP contribution in [0.3, 0.4) is 0 Å². The van der Waals surface area contributed by atoms with Gasteiger partial charge in [0, 0.05) is 37.3 Å². The predicted octanol–water partition coefficient (Wildman–Crippen LogP) is 4.16. The minimum absolute atomic E-state index is 0.0958. The van der Waals surface area contributed by atoms with Crippen LogP contribution in [0.25, 0.3) is 11.3 Å². The van der Waals surface area contributed by atoms with Crippen molar-refractivity contribution >= 4 is 23.5 Å². The highest BCUT2D eigenvalue weighted by atomic mass is 16.6. The van der Waals surface area contributed by atoms with Crippen molar-refractivity contribution in [1.82, 2.24) is 15.1 Å². The molecule has 2 fully saturated rings. The van der Waals surface area contributed by atoms with Crippen LogP contribution in [-0.2, 0) is 9.53 Å². The number of nitrogens with one attached hydrogen (secondary N) is 2. The number of hydrogen-bond donors (Lipinski definition) is 2. The molecule has 4 rings (SSSR count). The summed E-state index contributed by atoms with van der Waals surface area (Å²) in [7, 11) is 0. The number of nitrogens with zero attached hydrogens (tertiary/aromatic N) is 3. The summed E-state index contributed by atoms with van der Waals surface area (Å²) in [5.41, 5.74) is 2.01. The number of ether oxygens (including phenoxy) is 1. The molecule has 8 heteroatoms. The van der Waals surface area contributed by atoms with Crippen molar-refractivity contribution in [3.05, 3.63) is 36.4 Å². The summed E-state index contributed by atoms with van der Waals surface area (Å²) in [6, 6.07) is 11.8. The quantitative estimate of drug-likeness (QED) is 0.746. The molecule has 2 heterocycles. The highest BCUT2D eigenvalue weighted by molar-refractivity contribution is 5.88. The Hall–Kier alpha value is -3.16. The zero-order valence-electron chi connectivity index (χ0n) is 19.1. The third kappa shape index (κ3) is 5.36. The molecule has 2 aliphatic rings. The van der Waals surface area contributed by atoms with E-state index in [0.29, 0.717) is 17.9 Å². The molecule has 1 aromatic heterocycles. The van der Waals surface area contributed by atoms with E-state index in [-0.39, 0.29) is 12.0 Å². The summed E-state index contributed by atoms with van der Waals surface area (Å²) in [5, 5.41) is 15.0. The van der Waals surface area contributed by atoms with Gasteiger partial charge in [0.15, 0.2) is 0 Å². The lowest BCUT2D eigenvalue weighted by atomic mass is 10.0. The second-order valence-corrected chi connectivity index (χ2v) is 9.78. The summed E-state index contributed by atoms with van der Waals surface area (Å²) in [6.45, 7) is 8.70. The van der Waals surface area contributed by atoms with Crippen molar-refractivity contribution in [2.24, 2.45) is 11.8 Å². The predicted molar refractivity (Wildman–Crippen MR) is 123 cm³/mol. The highest BCUT2D eigenvalue weighted by Gasteiger charge is 2.43. The van der Waals surface area contributed by atoms with Gasteiger partial charge in [0.25, 0.3) is 0 Å². The Balaban J connectivity index is 1.29. The van der Waals surface area contributed by atoms with Gasteiger partial charge in [0.1, 0.15) is 11.4 Å². The lowest BCUT2D eigenvalue weighted by Crippen LogP contribution is -2.36. The van der Waals surface area contributed by atoms with Crippen LogP contribution in [0, 0.1) is 11.8 Å². The normalized spacial score (nSPS) is 22.4. The number of likely N-dealkylation sites (tertiary alicyclic amines) is 1. The number of aromatic nitrogens is 2. The van der Waals surface area contributed by atoms with Gasteiger partial charge in [-0.2, -0.15) is 0 Å². The van der Waals surface area contributed by atoms with Crippen LogP contribution >= 0.6 is 0 Å². The number of hydrogen-bond acceptors (Lipinski definition) is 6. The fourth-order valence-corrected chi connectivity index (χ4v) is 4.59. The monoisotopic (exact) mass is 437 g/mol. The van der Waals surface area contributed by atoms with Crippen molar-refractivity contribution in [2.45, 2.75) is 52.2 Å². The number of carbonyl (C=O) groups excluding carboxylic acids is 2. The molecular formula is C24H31N5O3. The molecule has 1 aliphatic carbocycles. The third-order valence-electron chi connectivity index (χ3n) is 5.92. The fraction of sp³-hybridized carbons (Fsp3) is 0.500. The first-order valence-electron chi connectivity index (χ1n) is 11.1. The summed E-state index contributed by atoms with van der Waals surface area (Å²) < 4.78 is 5.52. The van der Waals surface area contributed by atoms with E-state index in [1.165, 1.54) is 6.92 Å². The molecule has 0 spiro atoms. The molecule has 1 aliphatic heterocycles. The van der Waals surface area contributed by atoms with Crippen LogP contribution < -0.4 is 10.6 Å². The van der Waals surface area contributed by atoms with E-state index in [0.717, 1.165) is 48.7 Å². The second kappa shape index (κ2) is 8.76. The van der Waals surface area contributed by atoms with Crippen LogP contribution in [0.2, 0.25) is 0 Å². The molecule has 0 bridgehead atoms. The summed E-state index contributed by atoms with van der Waals surface area (Å²) in [6.07, 6.45) is 1.82. The smallest absolute Gasteiger partial charge is 0.410 e. The Labute approximate surface area is 188 Å². The number of anilines is 2. The van der Waals surface area contributed by atoms with E-state index < -0.39 is 5.60 Å². The molecule has 2 unspecified atom stereocenters. The van der Waals surface area contributed by atoms with Gasteiger partial charge in [-0.05, 0) is 69.7 Å². The van der Waals surface area contributed by atoms with Gasteiger partial charge in [-0.15, -0.1) is 10.2 Å². The maximum absolute atomic E-state index is 12.3. The van der Waals surface area contributed by atoms with E-state index >= 15 is 0 Å². The largest absolute Gasteiger partial charge is 0.444 e. The molecule has 1 saturated carbocycles. The van der Waals surface area contributed by atoms with Crippen LogP contribution in [0.4, 0.5) is 16.3 Å². The van der Waals surface area contributed by atoms with E-state index in [1.807, 2.05) is 62.1 Å². The Kier molecular flexibility index (Phi) is 6.04.